The molecule has 4 aromatic carbocycles. The third kappa shape index (κ3) is 11.8. The monoisotopic (exact) mass is 787 g/mol. The number of rotatable bonds is 18. The Balaban J connectivity index is 0.922. The van der Waals surface area contributed by atoms with Crippen LogP contribution in [0.2, 0.25) is 0 Å². The zero-order valence-corrected chi connectivity index (χ0v) is 33.8. The maximum atomic E-state index is 12.7. The zero-order chi connectivity index (χ0) is 40.1. The predicted molar refractivity (Wildman–Crippen MR) is 230 cm³/mol. The maximum Gasteiger partial charge on any atom is 0.224 e. The quantitative estimate of drug-likeness (QED) is 0.0588. The van der Waals surface area contributed by atoms with Gasteiger partial charge in [0.1, 0.15) is 0 Å². The number of nitrogens with one attached hydrogen (secondary N) is 2. The summed E-state index contributed by atoms with van der Waals surface area (Å²) in [5.74, 6) is -0.0131. The topological polar surface area (TPSA) is 129 Å². The summed E-state index contributed by atoms with van der Waals surface area (Å²) in [6.07, 6.45) is 9.47. The number of ether oxygens (including phenoxy) is 2. The van der Waals surface area contributed by atoms with Crippen molar-refractivity contribution in [3.63, 3.8) is 0 Å². The molecule has 3 saturated heterocycles. The molecule has 10 nitrogen and oxygen atoms in total. The first-order valence-electron chi connectivity index (χ1n) is 21.5. The average molecular weight is 788 g/mol. The fraction of sp³-hybridized carbons (Fsp3) is 0.458. The molecule has 2 amide bonds. The van der Waals surface area contributed by atoms with Gasteiger partial charge in [0.15, 0.2) is 6.29 Å². The lowest BCUT2D eigenvalue weighted by Gasteiger charge is -2.39. The van der Waals surface area contributed by atoms with E-state index in [2.05, 4.69) is 69.0 Å². The molecule has 0 aliphatic carbocycles. The third-order valence-electron chi connectivity index (χ3n) is 11.9. The van der Waals surface area contributed by atoms with Gasteiger partial charge in [-0.1, -0.05) is 85.6 Å². The highest BCUT2D eigenvalue weighted by Crippen LogP contribution is 2.40. The van der Waals surface area contributed by atoms with Gasteiger partial charge < -0.3 is 35.8 Å². The second-order valence-electron chi connectivity index (χ2n) is 16.3. The largest absolute Gasteiger partial charge is 0.397 e. The van der Waals surface area contributed by atoms with Crippen LogP contribution in [0.3, 0.4) is 0 Å². The molecule has 0 bridgehead atoms. The van der Waals surface area contributed by atoms with E-state index in [1.807, 2.05) is 36.4 Å². The van der Waals surface area contributed by atoms with E-state index >= 15 is 0 Å². The second-order valence-corrected chi connectivity index (χ2v) is 16.3. The standard InChI is InChI=1S/C48H61N5O5/c49-43-17-5-6-18-44(43)51-47(56)20-4-2-1-3-19-46(55)50-31-36-12-9-13-38(28-36)39-14-10-15-40(29-39)48-57-42(30-45(58-48)37-23-21-35(34-54)22-24-37)33-53-27-11-16-41(53)32-52-25-7-8-26-52/h5-6,9-10,12-15,17-18,21-24,28-29,41-42,45,48,54H,1-4,7-8,11,16,19-20,25-27,30-34,49H2,(H,50,55)(H,51,56). The van der Waals surface area contributed by atoms with Crippen LogP contribution in [0.5, 0.6) is 0 Å². The molecule has 7 rings (SSSR count). The van der Waals surface area contributed by atoms with E-state index in [0.717, 1.165) is 85.1 Å². The molecule has 5 N–H and O–H groups in total. The zero-order valence-electron chi connectivity index (χ0n) is 33.8. The number of carbonyl (C=O) groups excluding carboxylic acids is 2. The number of aliphatic hydroxyl groups excluding tert-OH is 1. The normalized spacial score (nSPS) is 21.3. The van der Waals surface area contributed by atoms with Crippen LogP contribution in [0, 0.1) is 0 Å². The SMILES string of the molecule is Nc1ccccc1NC(=O)CCCCCCC(=O)NCc1cccc(-c2cccc(C3OC(CN4CCCC4CN4CCCC4)CC(c4ccc(CO)cc4)O3)c2)c1. The van der Waals surface area contributed by atoms with Crippen LogP contribution in [0.4, 0.5) is 11.4 Å². The third-order valence-corrected chi connectivity index (χ3v) is 11.9. The van der Waals surface area contributed by atoms with Gasteiger partial charge in [0.2, 0.25) is 11.8 Å². The summed E-state index contributed by atoms with van der Waals surface area (Å²) in [5.41, 5.74) is 13.3. The molecule has 4 atom stereocenters. The smallest absolute Gasteiger partial charge is 0.224 e. The number of unbranched alkanes of at least 4 members (excludes halogenated alkanes) is 3. The highest BCUT2D eigenvalue weighted by Gasteiger charge is 2.36. The number of nitrogen functional groups attached to an aromatic ring is 1. The van der Waals surface area contributed by atoms with Gasteiger partial charge in [0, 0.05) is 50.5 Å². The first kappa shape index (κ1) is 41.6. The molecular formula is C48H61N5O5. The number of aliphatic hydroxyl groups is 1. The molecular weight excluding hydrogens is 727 g/mol. The second kappa shape index (κ2) is 20.9. The summed E-state index contributed by atoms with van der Waals surface area (Å²) in [5, 5.41) is 15.6. The number of likely N-dealkylation sites (tertiary alicyclic amines) is 2. The molecule has 58 heavy (non-hydrogen) atoms. The highest BCUT2D eigenvalue weighted by molar-refractivity contribution is 5.93. The predicted octanol–water partition coefficient (Wildman–Crippen LogP) is 8.13. The van der Waals surface area contributed by atoms with Crippen LogP contribution < -0.4 is 16.4 Å². The van der Waals surface area contributed by atoms with E-state index in [1.54, 1.807) is 12.1 Å². The van der Waals surface area contributed by atoms with Crippen molar-refractivity contribution in [3.05, 3.63) is 119 Å². The lowest BCUT2D eigenvalue weighted by Crippen LogP contribution is -2.45. The summed E-state index contributed by atoms with van der Waals surface area (Å²) < 4.78 is 13.6. The van der Waals surface area contributed by atoms with E-state index in [0.29, 0.717) is 36.8 Å². The first-order valence-corrected chi connectivity index (χ1v) is 21.5. The molecule has 3 aliphatic rings. The summed E-state index contributed by atoms with van der Waals surface area (Å²) in [4.78, 5) is 30.3. The van der Waals surface area contributed by atoms with Gasteiger partial charge >= 0.3 is 0 Å². The molecule has 0 radical (unpaired) electrons. The van der Waals surface area contributed by atoms with E-state index < -0.39 is 6.29 Å². The van der Waals surface area contributed by atoms with Crippen molar-refractivity contribution in [2.75, 3.05) is 43.8 Å². The van der Waals surface area contributed by atoms with E-state index in [4.69, 9.17) is 15.2 Å². The van der Waals surface area contributed by atoms with Gasteiger partial charge in [0.05, 0.1) is 30.2 Å². The number of hydrogen-bond acceptors (Lipinski definition) is 8. The van der Waals surface area contributed by atoms with Crippen molar-refractivity contribution >= 4 is 23.2 Å². The highest BCUT2D eigenvalue weighted by atomic mass is 16.7. The Labute approximate surface area is 344 Å². The lowest BCUT2D eigenvalue weighted by atomic mass is 9.98. The van der Waals surface area contributed by atoms with Gasteiger partial charge in [0.25, 0.3) is 0 Å². The Hall–Kier alpha value is -4.58. The minimum atomic E-state index is -0.519. The maximum absolute atomic E-state index is 12.7. The Morgan fingerprint density at radius 3 is 2.24 bits per heavy atom. The Morgan fingerprint density at radius 2 is 1.47 bits per heavy atom. The van der Waals surface area contributed by atoms with Crippen LogP contribution in [-0.2, 0) is 32.2 Å². The Kier molecular flexibility index (Phi) is 15.0. The van der Waals surface area contributed by atoms with Crippen LogP contribution in [0.1, 0.15) is 105 Å². The van der Waals surface area contributed by atoms with Crippen LogP contribution in [0.15, 0.2) is 97.1 Å². The number of nitrogens with two attached hydrogens (primary N) is 1. The molecule has 0 saturated carbocycles. The summed E-state index contributed by atoms with van der Waals surface area (Å²) in [6, 6.07) is 32.7. The van der Waals surface area contributed by atoms with Crippen molar-refractivity contribution < 1.29 is 24.2 Å². The van der Waals surface area contributed by atoms with E-state index in [9.17, 15) is 14.7 Å². The van der Waals surface area contributed by atoms with Crippen molar-refractivity contribution in [1.29, 1.82) is 0 Å². The summed E-state index contributed by atoms with van der Waals surface area (Å²) in [6.45, 7) is 6.07. The number of hydrogen-bond donors (Lipinski definition) is 4. The van der Waals surface area contributed by atoms with Crippen molar-refractivity contribution in [3.8, 4) is 11.1 Å². The fourth-order valence-electron chi connectivity index (χ4n) is 8.66. The van der Waals surface area contributed by atoms with Crippen LogP contribution in [-0.4, -0.2) is 71.6 Å². The molecule has 4 aromatic rings. The fourth-order valence-corrected chi connectivity index (χ4v) is 8.66. The lowest BCUT2D eigenvalue weighted by molar-refractivity contribution is -0.253. The molecule has 3 fully saturated rings. The van der Waals surface area contributed by atoms with Gasteiger partial charge in [-0.2, -0.15) is 0 Å². The van der Waals surface area contributed by atoms with E-state index in [1.165, 1.54) is 38.8 Å². The number of benzene rings is 4. The van der Waals surface area contributed by atoms with Gasteiger partial charge in [-0.05, 0) is 110 Å². The van der Waals surface area contributed by atoms with Crippen LogP contribution >= 0.6 is 0 Å². The van der Waals surface area contributed by atoms with Gasteiger partial charge in [-0.3, -0.25) is 14.5 Å². The molecule has 0 aromatic heterocycles. The van der Waals surface area contributed by atoms with Crippen molar-refractivity contribution in [2.24, 2.45) is 0 Å². The molecule has 4 unspecified atom stereocenters. The number of nitrogens with zero attached hydrogens (tertiary/aromatic N) is 2. The first-order chi connectivity index (χ1) is 28.4. The van der Waals surface area contributed by atoms with Crippen molar-refractivity contribution in [2.45, 2.75) is 108 Å². The van der Waals surface area contributed by atoms with Gasteiger partial charge in [-0.15, -0.1) is 0 Å². The summed E-state index contributed by atoms with van der Waals surface area (Å²) >= 11 is 0. The summed E-state index contributed by atoms with van der Waals surface area (Å²) in [7, 11) is 0. The van der Waals surface area contributed by atoms with E-state index in [-0.39, 0.29) is 30.6 Å². The number of para-hydroxylation sites is 2. The molecule has 3 aliphatic heterocycles. The molecule has 3 heterocycles. The molecule has 0 spiro atoms. The number of carbonyl (C=O) groups is 2. The van der Waals surface area contributed by atoms with Crippen LogP contribution in [0.25, 0.3) is 11.1 Å². The molecule has 10 heteroatoms. The number of anilines is 2. The minimum Gasteiger partial charge on any atom is -0.397 e. The van der Waals surface area contributed by atoms with Gasteiger partial charge in [-0.25, -0.2) is 0 Å². The number of amides is 2. The minimum absolute atomic E-state index is 0.0165. The van der Waals surface area contributed by atoms with Crippen molar-refractivity contribution in [1.82, 2.24) is 15.1 Å². The Bertz CT molecular complexity index is 1930. The molecule has 308 valence electrons. The average Bonchev–Trinajstić information content (AvgIpc) is 3.94. The Morgan fingerprint density at radius 1 is 0.724 bits per heavy atom.